The van der Waals surface area contributed by atoms with Crippen molar-refractivity contribution in [2.75, 3.05) is 0 Å². The van der Waals surface area contributed by atoms with Gasteiger partial charge in [0, 0.05) is 16.5 Å². The average Bonchev–Trinajstić information content (AvgIpc) is 2.46. The standard InChI is InChI=1S/C17H16FNO2/c1-17(2)8-7-14-11(16(17)21)4-5-13(19-14)10-3-6-15(20)12(18)9-10/h3-6,9,20H,7-8H2,1-2H3. The van der Waals surface area contributed by atoms with E-state index in [0.29, 0.717) is 16.8 Å². The lowest BCUT2D eigenvalue weighted by Gasteiger charge is -2.29. The van der Waals surface area contributed by atoms with E-state index in [2.05, 4.69) is 4.98 Å². The number of phenolic OH excluding ortho intramolecular Hbond substituents is 1. The second-order valence-electron chi connectivity index (χ2n) is 6.07. The minimum atomic E-state index is -0.677. The molecule has 108 valence electrons. The Morgan fingerprint density at radius 2 is 2.00 bits per heavy atom. The molecule has 0 saturated carbocycles. The molecular weight excluding hydrogens is 269 g/mol. The van der Waals surface area contributed by atoms with E-state index in [1.54, 1.807) is 18.2 Å². The van der Waals surface area contributed by atoms with E-state index in [1.807, 2.05) is 13.8 Å². The van der Waals surface area contributed by atoms with Crippen LogP contribution in [0.15, 0.2) is 30.3 Å². The van der Waals surface area contributed by atoms with Gasteiger partial charge in [-0.1, -0.05) is 13.8 Å². The maximum Gasteiger partial charge on any atom is 0.170 e. The van der Waals surface area contributed by atoms with Crippen molar-refractivity contribution in [3.05, 3.63) is 47.4 Å². The lowest BCUT2D eigenvalue weighted by molar-refractivity contribution is 0.0809. The molecule has 0 aliphatic heterocycles. The SMILES string of the molecule is CC1(C)CCc2nc(-c3ccc(O)c(F)c3)ccc2C1=O. The zero-order valence-electron chi connectivity index (χ0n) is 12.0. The molecule has 0 fully saturated rings. The van der Waals surface area contributed by atoms with E-state index in [9.17, 15) is 14.3 Å². The predicted octanol–water partition coefficient (Wildman–Crippen LogP) is 3.75. The Morgan fingerprint density at radius 3 is 2.71 bits per heavy atom. The number of phenols is 1. The molecule has 3 rings (SSSR count). The third-order valence-electron chi connectivity index (χ3n) is 4.06. The number of carbonyl (C=O) groups is 1. The minimum absolute atomic E-state index is 0.111. The molecule has 1 aliphatic carbocycles. The Hall–Kier alpha value is -2.23. The number of halogens is 1. The van der Waals surface area contributed by atoms with E-state index < -0.39 is 5.82 Å². The normalized spacial score (nSPS) is 16.6. The van der Waals surface area contributed by atoms with Crippen LogP contribution in [-0.2, 0) is 6.42 Å². The van der Waals surface area contributed by atoms with Gasteiger partial charge in [0.05, 0.1) is 11.4 Å². The molecule has 0 radical (unpaired) electrons. The number of Topliss-reactive ketones (excluding diaryl/α,β-unsaturated/α-hetero) is 1. The first-order chi connectivity index (χ1) is 9.88. The molecule has 2 aromatic rings. The Balaban J connectivity index is 2.04. The zero-order chi connectivity index (χ0) is 15.2. The fourth-order valence-electron chi connectivity index (χ4n) is 2.63. The number of ketones is 1. The number of nitrogens with zero attached hydrogens (tertiary/aromatic N) is 1. The van der Waals surface area contributed by atoms with Crippen LogP contribution in [-0.4, -0.2) is 15.9 Å². The van der Waals surface area contributed by atoms with Crippen LogP contribution >= 0.6 is 0 Å². The van der Waals surface area contributed by atoms with Crippen LogP contribution in [0, 0.1) is 11.2 Å². The van der Waals surface area contributed by atoms with Crippen LogP contribution in [0.5, 0.6) is 5.75 Å². The molecule has 0 saturated heterocycles. The lowest BCUT2D eigenvalue weighted by Crippen LogP contribution is -2.31. The van der Waals surface area contributed by atoms with Gasteiger partial charge < -0.3 is 5.11 Å². The maximum absolute atomic E-state index is 13.4. The second kappa shape index (κ2) is 4.65. The fraction of sp³-hybridized carbons (Fsp3) is 0.294. The molecular formula is C17H16FNO2. The number of rotatable bonds is 1. The third-order valence-corrected chi connectivity index (χ3v) is 4.06. The molecule has 0 unspecified atom stereocenters. The van der Waals surface area contributed by atoms with Gasteiger partial charge >= 0.3 is 0 Å². The molecule has 1 heterocycles. The van der Waals surface area contributed by atoms with Gasteiger partial charge in [-0.05, 0) is 43.2 Å². The van der Waals surface area contributed by atoms with Crippen LogP contribution < -0.4 is 0 Å². The summed E-state index contributed by atoms with van der Waals surface area (Å²) in [5.41, 5.74) is 2.28. The first-order valence-electron chi connectivity index (χ1n) is 6.92. The highest BCUT2D eigenvalue weighted by Crippen LogP contribution is 2.35. The number of carbonyl (C=O) groups excluding carboxylic acids is 1. The molecule has 3 nitrogen and oxygen atoms in total. The first kappa shape index (κ1) is 13.7. The van der Waals surface area contributed by atoms with Crippen LogP contribution in [0.25, 0.3) is 11.3 Å². The highest BCUT2D eigenvalue weighted by Gasteiger charge is 2.34. The van der Waals surface area contributed by atoms with E-state index in [-0.39, 0.29) is 16.9 Å². The zero-order valence-corrected chi connectivity index (χ0v) is 12.0. The van der Waals surface area contributed by atoms with Crippen LogP contribution in [0.4, 0.5) is 4.39 Å². The molecule has 21 heavy (non-hydrogen) atoms. The van der Waals surface area contributed by atoms with Gasteiger partial charge in [-0.2, -0.15) is 0 Å². The van der Waals surface area contributed by atoms with Gasteiger partial charge in [0.15, 0.2) is 17.3 Å². The van der Waals surface area contributed by atoms with Crippen LogP contribution in [0.2, 0.25) is 0 Å². The number of hydrogen-bond donors (Lipinski definition) is 1. The van der Waals surface area contributed by atoms with Gasteiger partial charge in [0.25, 0.3) is 0 Å². The Kier molecular flexibility index (Phi) is 3.04. The first-order valence-corrected chi connectivity index (χ1v) is 6.92. The van der Waals surface area contributed by atoms with Crippen molar-refractivity contribution < 1.29 is 14.3 Å². The van der Waals surface area contributed by atoms with Crippen LogP contribution in [0.3, 0.4) is 0 Å². The molecule has 1 aromatic heterocycles. The Bertz CT molecular complexity index is 738. The molecule has 0 atom stereocenters. The summed E-state index contributed by atoms with van der Waals surface area (Å²) in [7, 11) is 0. The summed E-state index contributed by atoms with van der Waals surface area (Å²) in [5, 5.41) is 9.23. The van der Waals surface area contributed by atoms with Gasteiger partial charge in [0.2, 0.25) is 0 Å². The maximum atomic E-state index is 13.4. The number of pyridine rings is 1. The lowest BCUT2D eigenvalue weighted by atomic mass is 9.75. The quantitative estimate of drug-likeness (QED) is 0.868. The second-order valence-corrected chi connectivity index (χ2v) is 6.07. The van der Waals surface area contributed by atoms with Gasteiger partial charge in [0.1, 0.15) is 0 Å². The van der Waals surface area contributed by atoms with Gasteiger partial charge in [-0.15, -0.1) is 0 Å². The topological polar surface area (TPSA) is 50.2 Å². The molecule has 1 N–H and O–H groups in total. The Morgan fingerprint density at radius 1 is 1.24 bits per heavy atom. The summed E-state index contributed by atoms with van der Waals surface area (Å²) in [6.45, 7) is 3.89. The third kappa shape index (κ3) is 2.31. The summed E-state index contributed by atoms with van der Waals surface area (Å²) in [6, 6.07) is 7.66. The summed E-state index contributed by atoms with van der Waals surface area (Å²) in [4.78, 5) is 16.9. The van der Waals surface area contributed by atoms with Gasteiger partial charge in [-0.25, -0.2) is 4.39 Å². The Labute approximate surface area is 122 Å². The molecule has 1 aliphatic rings. The van der Waals surface area contributed by atoms with Crippen molar-refractivity contribution in [3.8, 4) is 17.0 Å². The van der Waals surface area contributed by atoms with Crippen molar-refractivity contribution in [1.29, 1.82) is 0 Å². The summed E-state index contributed by atoms with van der Waals surface area (Å²) in [6.07, 6.45) is 1.50. The number of fused-ring (bicyclic) bond motifs is 1. The van der Waals surface area contributed by atoms with Crippen molar-refractivity contribution >= 4 is 5.78 Å². The summed E-state index contributed by atoms with van der Waals surface area (Å²) in [5.74, 6) is -0.947. The average molecular weight is 285 g/mol. The molecule has 4 heteroatoms. The molecule has 0 spiro atoms. The molecule has 0 bridgehead atoms. The van der Waals surface area contributed by atoms with E-state index in [1.165, 1.54) is 12.1 Å². The van der Waals surface area contributed by atoms with Crippen molar-refractivity contribution in [2.24, 2.45) is 5.41 Å². The number of aryl methyl sites for hydroxylation is 1. The predicted molar refractivity (Wildman–Crippen MR) is 77.7 cm³/mol. The van der Waals surface area contributed by atoms with Crippen molar-refractivity contribution in [3.63, 3.8) is 0 Å². The summed E-state index contributed by atoms with van der Waals surface area (Å²) >= 11 is 0. The number of benzene rings is 1. The molecule has 0 amide bonds. The fourth-order valence-corrected chi connectivity index (χ4v) is 2.63. The van der Waals surface area contributed by atoms with Crippen molar-refractivity contribution in [2.45, 2.75) is 26.7 Å². The smallest absolute Gasteiger partial charge is 0.170 e. The highest BCUT2D eigenvalue weighted by molar-refractivity contribution is 6.02. The highest BCUT2D eigenvalue weighted by atomic mass is 19.1. The van der Waals surface area contributed by atoms with Crippen LogP contribution in [0.1, 0.15) is 36.3 Å². The number of aromatic nitrogens is 1. The van der Waals surface area contributed by atoms with E-state index in [0.717, 1.165) is 18.5 Å². The summed E-state index contributed by atoms with van der Waals surface area (Å²) < 4.78 is 13.4. The van der Waals surface area contributed by atoms with E-state index >= 15 is 0 Å². The number of aromatic hydroxyl groups is 1. The largest absolute Gasteiger partial charge is 0.505 e. The van der Waals surface area contributed by atoms with Gasteiger partial charge in [-0.3, -0.25) is 9.78 Å². The number of hydrogen-bond acceptors (Lipinski definition) is 3. The van der Waals surface area contributed by atoms with Crippen molar-refractivity contribution in [1.82, 2.24) is 4.98 Å². The minimum Gasteiger partial charge on any atom is -0.505 e. The molecule has 1 aromatic carbocycles. The monoisotopic (exact) mass is 285 g/mol. The van der Waals surface area contributed by atoms with E-state index in [4.69, 9.17) is 0 Å².